The molecule has 1 aliphatic rings. The molecule has 2 unspecified atom stereocenters. The zero-order valence-corrected chi connectivity index (χ0v) is 11.2. The molecule has 0 radical (unpaired) electrons. The first-order valence-electron chi connectivity index (χ1n) is 6.65. The van der Waals surface area contributed by atoms with E-state index in [1.807, 2.05) is 0 Å². The molecule has 1 saturated carbocycles. The summed E-state index contributed by atoms with van der Waals surface area (Å²) in [5, 5.41) is 4.23. The lowest BCUT2D eigenvalue weighted by Crippen LogP contribution is -2.38. The molecular formula is C13H22FN3O. The summed E-state index contributed by atoms with van der Waals surface area (Å²) in [4.78, 5) is 0. The van der Waals surface area contributed by atoms with Gasteiger partial charge in [-0.15, -0.1) is 0 Å². The van der Waals surface area contributed by atoms with Crippen molar-refractivity contribution in [2.24, 2.45) is 5.73 Å². The highest BCUT2D eigenvalue weighted by atomic mass is 19.1. The Bertz CT molecular complexity index is 407. The van der Waals surface area contributed by atoms with E-state index in [2.05, 4.69) is 12.0 Å². The number of methoxy groups -OCH3 is 1. The van der Waals surface area contributed by atoms with Crippen LogP contribution in [0.15, 0.2) is 6.20 Å². The average Bonchev–Trinajstić information content (AvgIpc) is 2.73. The van der Waals surface area contributed by atoms with Crippen LogP contribution in [0.4, 0.5) is 4.39 Å². The van der Waals surface area contributed by atoms with Crippen molar-refractivity contribution in [3.8, 4) is 5.75 Å². The quantitative estimate of drug-likeness (QED) is 0.898. The van der Waals surface area contributed by atoms with Crippen LogP contribution < -0.4 is 10.5 Å². The molecule has 1 aliphatic carbocycles. The van der Waals surface area contributed by atoms with Crippen LogP contribution in [-0.2, 0) is 12.2 Å². The van der Waals surface area contributed by atoms with Gasteiger partial charge in [-0.25, -0.2) is 4.39 Å². The highest BCUT2D eigenvalue weighted by Gasteiger charge is 2.42. The van der Waals surface area contributed by atoms with Crippen molar-refractivity contribution in [1.29, 1.82) is 0 Å². The van der Waals surface area contributed by atoms with E-state index in [0.29, 0.717) is 30.8 Å². The van der Waals surface area contributed by atoms with Crippen molar-refractivity contribution >= 4 is 0 Å². The number of ether oxygens (including phenoxy) is 1. The van der Waals surface area contributed by atoms with E-state index in [9.17, 15) is 0 Å². The number of nitrogens with two attached hydrogens (primary N) is 1. The standard InChI is InChI=1S/C13H22FN3O/c1-3-7-17-12(11(18-2)9-16-17)13(14)6-4-5-10(15)8-13/h9-10H,3-8,15H2,1-2H3. The lowest BCUT2D eigenvalue weighted by Gasteiger charge is -2.33. The van der Waals surface area contributed by atoms with Gasteiger partial charge in [-0.3, -0.25) is 4.68 Å². The summed E-state index contributed by atoms with van der Waals surface area (Å²) < 4.78 is 22.2. The Kier molecular flexibility index (Phi) is 3.90. The van der Waals surface area contributed by atoms with E-state index in [1.54, 1.807) is 18.0 Å². The van der Waals surface area contributed by atoms with Crippen LogP contribution in [0.5, 0.6) is 5.75 Å². The Labute approximate surface area is 107 Å². The summed E-state index contributed by atoms with van der Waals surface area (Å²) in [5.41, 5.74) is 5.10. The molecule has 2 rings (SSSR count). The first kappa shape index (κ1) is 13.3. The summed E-state index contributed by atoms with van der Waals surface area (Å²) >= 11 is 0. The SMILES string of the molecule is CCCn1ncc(OC)c1C1(F)CCCC(N)C1. The summed E-state index contributed by atoms with van der Waals surface area (Å²) in [6.07, 6.45) is 5.10. The largest absolute Gasteiger partial charge is 0.493 e. The highest BCUT2D eigenvalue weighted by molar-refractivity contribution is 5.31. The molecule has 4 nitrogen and oxygen atoms in total. The van der Waals surface area contributed by atoms with Crippen molar-refractivity contribution < 1.29 is 9.13 Å². The van der Waals surface area contributed by atoms with Crippen molar-refractivity contribution in [2.75, 3.05) is 7.11 Å². The van der Waals surface area contributed by atoms with Crippen molar-refractivity contribution in [2.45, 2.75) is 57.3 Å². The Morgan fingerprint density at radius 3 is 3.06 bits per heavy atom. The van der Waals surface area contributed by atoms with Crippen molar-refractivity contribution in [1.82, 2.24) is 9.78 Å². The molecule has 0 aliphatic heterocycles. The van der Waals surface area contributed by atoms with E-state index in [-0.39, 0.29) is 6.04 Å². The van der Waals surface area contributed by atoms with E-state index in [0.717, 1.165) is 19.3 Å². The fourth-order valence-corrected chi connectivity index (χ4v) is 2.83. The van der Waals surface area contributed by atoms with Crippen LogP contribution in [0.1, 0.15) is 44.7 Å². The molecule has 0 saturated heterocycles. The van der Waals surface area contributed by atoms with Gasteiger partial charge in [0.2, 0.25) is 0 Å². The third-order valence-corrected chi connectivity index (χ3v) is 3.62. The lowest BCUT2D eigenvalue weighted by molar-refractivity contribution is 0.0806. The molecule has 0 spiro atoms. The third-order valence-electron chi connectivity index (χ3n) is 3.62. The fraction of sp³-hybridized carbons (Fsp3) is 0.769. The minimum absolute atomic E-state index is 0.0709. The minimum Gasteiger partial charge on any atom is -0.493 e. The Morgan fingerprint density at radius 1 is 1.67 bits per heavy atom. The first-order valence-corrected chi connectivity index (χ1v) is 6.65. The predicted molar refractivity (Wildman–Crippen MR) is 68.3 cm³/mol. The number of alkyl halides is 1. The Hall–Kier alpha value is -1.10. The van der Waals surface area contributed by atoms with Crippen LogP contribution in [0.25, 0.3) is 0 Å². The minimum atomic E-state index is -1.39. The fourth-order valence-electron chi connectivity index (χ4n) is 2.83. The molecule has 1 heterocycles. The van der Waals surface area contributed by atoms with Gasteiger partial charge in [-0.05, 0) is 25.7 Å². The summed E-state index contributed by atoms with van der Waals surface area (Å²) in [5.74, 6) is 0.542. The number of rotatable bonds is 4. The van der Waals surface area contributed by atoms with Crippen molar-refractivity contribution in [3.05, 3.63) is 11.9 Å². The molecule has 2 atom stereocenters. The monoisotopic (exact) mass is 255 g/mol. The van der Waals surface area contributed by atoms with Crippen LogP contribution in [-0.4, -0.2) is 22.9 Å². The summed E-state index contributed by atoms with van der Waals surface area (Å²) in [7, 11) is 1.56. The molecular weight excluding hydrogens is 233 g/mol. The third kappa shape index (κ3) is 2.36. The second kappa shape index (κ2) is 5.26. The molecule has 5 heteroatoms. The molecule has 0 bridgehead atoms. The Morgan fingerprint density at radius 2 is 2.44 bits per heavy atom. The van der Waals surface area contributed by atoms with E-state index in [1.165, 1.54) is 0 Å². The van der Waals surface area contributed by atoms with Crippen LogP contribution in [0, 0.1) is 0 Å². The van der Waals surface area contributed by atoms with Crippen LogP contribution in [0.2, 0.25) is 0 Å². The normalized spacial score (nSPS) is 28.3. The molecule has 0 amide bonds. The van der Waals surface area contributed by atoms with Gasteiger partial charge in [0.1, 0.15) is 5.69 Å². The molecule has 1 aromatic rings. The molecule has 0 aromatic carbocycles. The summed E-state index contributed by atoms with van der Waals surface area (Å²) in [6, 6.07) is -0.0709. The van der Waals surface area contributed by atoms with Crippen LogP contribution >= 0.6 is 0 Å². The van der Waals surface area contributed by atoms with Gasteiger partial charge in [-0.1, -0.05) is 6.92 Å². The van der Waals surface area contributed by atoms with E-state index in [4.69, 9.17) is 10.5 Å². The maximum atomic E-state index is 15.2. The van der Waals surface area contributed by atoms with Gasteiger partial charge >= 0.3 is 0 Å². The lowest BCUT2D eigenvalue weighted by atomic mass is 9.81. The maximum Gasteiger partial charge on any atom is 0.163 e. The molecule has 1 fully saturated rings. The second-order valence-corrected chi connectivity index (χ2v) is 5.11. The molecule has 18 heavy (non-hydrogen) atoms. The maximum absolute atomic E-state index is 15.2. The topological polar surface area (TPSA) is 53.1 Å². The molecule has 102 valence electrons. The number of halogens is 1. The number of nitrogens with zero attached hydrogens (tertiary/aromatic N) is 2. The molecule has 2 N–H and O–H groups in total. The second-order valence-electron chi connectivity index (χ2n) is 5.11. The van der Waals surface area contributed by atoms with Gasteiger partial charge in [0, 0.05) is 19.0 Å². The van der Waals surface area contributed by atoms with Gasteiger partial charge in [0.25, 0.3) is 0 Å². The zero-order chi connectivity index (χ0) is 13.2. The predicted octanol–water partition coefficient (Wildman–Crippen LogP) is 2.37. The van der Waals surface area contributed by atoms with Crippen molar-refractivity contribution in [3.63, 3.8) is 0 Å². The zero-order valence-electron chi connectivity index (χ0n) is 11.2. The van der Waals surface area contributed by atoms with Gasteiger partial charge in [-0.2, -0.15) is 5.10 Å². The Balaban J connectivity index is 2.37. The van der Waals surface area contributed by atoms with Crippen LogP contribution in [0.3, 0.4) is 0 Å². The molecule has 1 aromatic heterocycles. The number of aromatic nitrogens is 2. The van der Waals surface area contributed by atoms with Gasteiger partial charge < -0.3 is 10.5 Å². The summed E-state index contributed by atoms with van der Waals surface area (Å²) in [6.45, 7) is 2.76. The highest BCUT2D eigenvalue weighted by Crippen LogP contribution is 2.44. The number of aryl methyl sites for hydroxylation is 1. The number of hydrogen-bond acceptors (Lipinski definition) is 3. The average molecular weight is 255 g/mol. The first-order chi connectivity index (χ1) is 8.60. The van der Waals surface area contributed by atoms with E-state index < -0.39 is 5.67 Å². The van der Waals surface area contributed by atoms with Gasteiger partial charge in [0.15, 0.2) is 11.4 Å². The van der Waals surface area contributed by atoms with E-state index >= 15 is 4.39 Å². The van der Waals surface area contributed by atoms with Gasteiger partial charge in [0.05, 0.1) is 13.3 Å². The smallest absolute Gasteiger partial charge is 0.163 e. The number of hydrogen-bond donors (Lipinski definition) is 1.